The predicted molar refractivity (Wildman–Crippen MR) is 115 cm³/mol. The number of carbonyl (C=O) groups excluding carboxylic acids is 2. The van der Waals surface area contributed by atoms with Crippen molar-refractivity contribution in [3.05, 3.63) is 48.0 Å². The lowest BCUT2D eigenvalue weighted by molar-refractivity contribution is -0.118. The predicted octanol–water partition coefficient (Wildman–Crippen LogP) is 3.96. The Morgan fingerprint density at radius 3 is 2.52 bits per heavy atom. The molecule has 2 fully saturated rings. The highest BCUT2D eigenvalue weighted by molar-refractivity contribution is 5.94. The third kappa shape index (κ3) is 5.08. The number of nitrogens with one attached hydrogen (secondary N) is 2. The maximum atomic E-state index is 12.3. The molecule has 1 heterocycles. The molecule has 1 saturated heterocycles. The van der Waals surface area contributed by atoms with E-state index in [9.17, 15) is 9.59 Å². The standard InChI is InChI=1S/C23H27N3O3/c1-16-13-19(9-10-21(16)26-11-2-3-12-26)24-22(27)15-29-20-6-4-5-18(14-20)25-23(28)17-7-8-17/h4-6,9-10,13-14,17H,2-3,7-8,11-12,15H2,1H3,(H,24,27)(H,25,28). The van der Waals surface area contributed by atoms with E-state index in [1.165, 1.54) is 18.5 Å². The van der Waals surface area contributed by atoms with E-state index in [-0.39, 0.29) is 24.3 Å². The van der Waals surface area contributed by atoms with Crippen LogP contribution in [-0.4, -0.2) is 31.5 Å². The van der Waals surface area contributed by atoms with Gasteiger partial charge in [0.2, 0.25) is 5.91 Å². The molecule has 1 aliphatic carbocycles. The van der Waals surface area contributed by atoms with Gasteiger partial charge in [0.15, 0.2) is 6.61 Å². The van der Waals surface area contributed by atoms with Crippen molar-refractivity contribution < 1.29 is 14.3 Å². The molecule has 4 rings (SSSR count). The van der Waals surface area contributed by atoms with Gasteiger partial charge in [-0.2, -0.15) is 0 Å². The van der Waals surface area contributed by atoms with Gasteiger partial charge in [0.25, 0.3) is 5.91 Å². The Balaban J connectivity index is 1.29. The largest absolute Gasteiger partial charge is 0.484 e. The zero-order valence-corrected chi connectivity index (χ0v) is 16.7. The van der Waals surface area contributed by atoms with Crippen LogP contribution in [0.1, 0.15) is 31.2 Å². The first-order valence-corrected chi connectivity index (χ1v) is 10.3. The third-order valence-electron chi connectivity index (χ3n) is 5.35. The van der Waals surface area contributed by atoms with Gasteiger partial charge >= 0.3 is 0 Å². The normalized spacial score (nSPS) is 15.8. The summed E-state index contributed by atoms with van der Waals surface area (Å²) in [6.07, 6.45) is 4.39. The van der Waals surface area contributed by atoms with Crippen LogP contribution in [0.5, 0.6) is 5.75 Å². The summed E-state index contributed by atoms with van der Waals surface area (Å²) in [6, 6.07) is 13.1. The molecule has 0 bridgehead atoms. The van der Waals surface area contributed by atoms with Crippen molar-refractivity contribution >= 4 is 28.9 Å². The Morgan fingerprint density at radius 1 is 1.03 bits per heavy atom. The fraction of sp³-hybridized carbons (Fsp3) is 0.391. The van der Waals surface area contributed by atoms with Crippen LogP contribution >= 0.6 is 0 Å². The van der Waals surface area contributed by atoms with Crippen molar-refractivity contribution in [1.82, 2.24) is 0 Å². The first-order valence-electron chi connectivity index (χ1n) is 10.3. The number of hydrogen-bond donors (Lipinski definition) is 2. The molecule has 6 nitrogen and oxygen atoms in total. The van der Waals surface area contributed by atoms with Crippen LogP contribution in [0.3, 0.4) is 0 Å². The average Bonchev–Trinajstić information content (AvgIpc) is 3.42. The van der Waals surface area contributed by atoms with Crippen molar-refractivity contribution in [2.75, 3.05) is 35.2 Å². The molecule has 1 saturated carbocycles. The average molecular weight is 393 g/mol. The molecule has 0 radical (unpaired) electrons. The lowest BCUT2D eigenvalue weighted by Crippen LogP contribution is -2.21. The van der Waals surface area contributed by atoms with Crippen LogP contribution in [0.15, 0.2) is 42.5 Å². The molecule has 2 N–H and O–H groups in total. The smallest absolute Gasteiger partial charge is 0.262 e. The summed E-state index contributed by atoms with van der Waals surface area (Å²) in [5.74, 6) is 0.526. The summed E-state index contributed by atoms with van der Waals surface area (Å²) in [7, 11) is 0. The van der Waals surface area contributed by atoms with Crippen LogP contribution in [0, 0.1) is 12.8 Å². The van der Waals surface area contributed by atoms with Gasteiger partial charge in [0.1, 0.15) is 5.75 Å². The zero-order chi connectivity index (χ0) is 20.2. The molecule has 1 aliphatic heterocycles. The topological polar surface area (TPSA) is 70.7 Å². The number of amides is 2. The number of aryl methyl sites for hydroxylation is 1. The number of rotatable bonds is 7. The number of carbonyl (C=O) groups is 2. The molecule has 0 unspecified atom stereocenters. The van der Waals surface area contributed by atoms with Crippen LogP contribution in [-0.2, 0) is 9.59 Å². The van der Waals surface area contributed by atoms with Crippen LogP contribution in [0.4, 0.5) is 17.1 Å². The molecule has 2 aromatic carbocycles. The number of benzene rings is 2. The fourth-order valence-electron chi connectivity index (χ4n) is 3.65. The van der Waals surface area contributed by atoms with Gasteiger partial charge in [-0.1, -0.05) is 6.07 Å². The summed E-state index contributed by atoms with van der Waals surface area (Å²) < 4.78 is 5.60. The van der Waals surface area contributed by atoms with Gasteiger partial charge in [-0.3, -0.25) is 9.59 Å². The van der Waals surface area contributed by atoms with Gasteiger partial charge in [0.05, 0.1) is 0 Å². The van der Waals surface area contributed by atoms with Crippen molar-refractivity contribution in [3.8, 4) is 5.75 Å². The van der Waals surface area contributed by atoms with Crippen LogP contribution < -0.4 is 20.3 Å². The lowest BCUT2D eigenvalue weighted by atomic mass is 10.1. The first-order chi connectivity index (χ1) is 14.1. The Kier molecular flexibility index (Phi) is 5.69. The van der Waals surface area contributed by atoms with Crippen molar-refractivity contribution in [2.24, 2.45) is 5.92 Å². The summed E-state index contributed by atoms with van der Waals surface area (Å²) >= 11 is 0. The Bertz CT molecular complexity index is 902. The molecule has 2 aliphatic rings. The van der Waals surface area contributed by atoms with Crippen molar-refractivity contribution in [1.29, 1.82) is 0 Å². The summed E-state index contributed by atoms with van der Waals surface area (Å²) in [4.78, 5) is 26.5. The van der Waals surface area contributed by atoms with Crippen molar-refractivity contribution in [2.45, 2.75) is 32.6 Å². The summed E-state index contributed by atoms with van der Waals surface area (Å²) in [6.45, 7) is 4.18. The van der Waals surface area contributed by atoms with E-state index in [4.69, 9.17) is 4.74 Å². The number of hydrogen-bond acceptors (Lipinski definition) is 4. The minimum atomic E-state index is -0.217. The number of anilines is 3. The second kappa shape index (κ2) is 8.55. The molecule has 6 heteroatoms. The van der Waals surface area contributed by atoms with E-state index in [2.05, 4.69) is 28.5 Å². The van der Waals surface area contributed by atoms with E-state index in [1.54, 1.807) is 18.2 Å². The van der Waals surface area contributed by atoms with Crippen molar-refractivity contribution in [3.63, 3.8) is 0 Å². The Morgan fingerprint density at radius 2 is 1.79 bits per heavy atom. The Labute approximate surface area is 171 Å². The molecular weight excluding hydrogens is 366 g/mol. The summed E-state index contributed by atoms with van der Waals surface area (Å²) in [5, 5.41) is 5.77. The van der Waals surface area contributed by atoms with E-state index >= 15 is 0 Å². The number of nitrogens with zero attached hydrogens (tertiary/aromatic N) is 1. The maximum Gasteiger partial charge on any atom is 0.262 e. The van der Waals surface area contributed by atoms with E-state index in [0.29, 0.717) is 11.4 Å². The number of ether oxygens (including phenoxy) is 1. The van der Waals surface area contributed by atoms with Gasteiger partial charge < -0.3 is 20.3 Å². The minimum absolute atomic E-state index is 0.0487. The molecule has 2 aromatic rings. The highest BCUT2D eigenvalue weighted by Crippen LogP contribution is 2.30. The molecule has 0 spiro atoms. The zero-order valence-electron chi connectivity index (χ0n) is 16.7. The molecule has 0 atom stereocenters. The quantitative estimate of drug-likeness (QED) is 0.747. The second-order valence-corrected chi connectivity index (χ2v) is 7.82. The van der Waals surface area contributed by atoms with Gasteiger partial charge in [0, 0.05) is 42.1 Å². The third-order valence-corrected chi connectivity index (χ3v) is 5.35. The Hall–Kier alpha value is -3.02. The highest BCUT2D eigenvalue weighted by Gasteiger charge is 2.29. The maximum absolute atomic E-state index is 12.3. The van der Waals surface area contributed by atoms with E-state index in [1.807, 2.05) is 18.2 Å². The molecule has 2 amide bonds. The van der Waals surface area contributed by atoms with E-state index < -0.39 is 0 Å². The van der Waals surface area contributed by atoms with Crippen LogP contribution in [0.2, 0.25) is 0 Å². The first kappa shape index (κ1) is 19.3. The summed E-state index contributed by atoms with van der Waals surface area (Å²) in [5.41, 5.74) is 3.85. The van der Waals surface area contributed by atoms with Gasteiger partial charge in [-0.25, -0.2) is 0 Å². The second-order valence-electron chi connectivity index (χ2n) is 7.82. The molecule has 29 heavy (non-hydrogen) atoms. The SMILES string of the molecule is Cc1cc(NC(=O)COc2cccc(NC(=O)C3CC3)c2)ccc1N1CCCC1. The minimum Gasteiger partial charge on any atom is -0.484 e. The molecule has 0 aromatic heterocycles. The van der Waals surface area contributed by atoms with Crippen LogP contribution in [0.25, 0.3) is 0 Å². The fourth-order valence-corrected chi connectivity index (χ4v) is 3.65. The van der Waals surface area contributed by atoms with Gasteiger partial charge in [-0.15, -0.1) is 0 Å². The molecule has 152 valence electrons. The lowest BCUT2D eigenvalue weighted by Gasteiger charge is -2.20. The highest BCUT2D eigenvalue weighted by atomic mass is 16.5. The van der Waals surface area contributed by atoms with E-state index in [0.717, 1.165) is 37.2 Å². The molecular formula is C23H27N3O3. The van der Waals surface area contributed by atoms with Gasteiger partial charge in [-0.05, 0) is 68.5 Å². The monoisotopic (exact) mass is 393 g/mol.